The summed E-state index contributed by atoms with van der Waals surface area (Å²) in [6.45, 7) is 4.35. The van der Waals surface area contributed by atoms with Crippen LogP contribution in [0, 0.1) is 0 Å². The van der Waals surface area contributed by atoms with Crippen molar-refractivity contribution in [2.45, 2.75) is 19.8 Å². The van der Waals surface area contributed by atoms with Gasteiger partial charge >= 0.3 is 0 Å². The zero-order valence-electron chi connectivity index (χ0n) is 12.5. The Bertz CT molecular complexity index is 767. The minimum atomic E-state index is 0.380. The van der Waals surface area contributed by atoms with Crippen LogP contribution >= 0.6 is 0 Å². The minimum absolute atomic E-state index is 0.380. The predicted molar refractivity (Wildman–Crippen MR) is 85.6 cm³/mol. The molecule has 0 atom stereocenters. The van der Waals surface area contributed by atoms with Crippen LogP contribution in [0.4, 0.5) is 0 Å². The highest BCUT2D eigenvalue weighted by Crippen LogP contribution is 2.30. The van der Waals surface area contributed by atoms with Crippen molar-refractivity contribution in [2.24, 2.45) is 0 Å². The second-order valence-electron chi connectivity index (χ2n) is 5.35. The highest BCUT2D eigenvalue weighted by Gasteiger charge is 2.13. The zero-order valence-corrected chi connectivity index (χ0v) is 12.5. The standard InChI is InChI=1S/C18H18N2O/c1-12(2)15-11-13-10-14(21-3)7-8-16(13)20-18(15)17-6-4-5-9-19-17/h4-12H,1-3H3. The van der Waals surface area contributed by atoms with Crippen molar-refractivity contribution in [3.8, 4) is 17.1 Å². The van der Waals surface area contributed by atoms with Gasteiger partial charge in [0.15, 0.2) is 0 Å². The fourth-order valence-electron chi connectivity index (χ4n) is 2.45. The monoisotopic (exact) mass is 278 g/mol. The Hall–Kier alpha value is -2.42. The van der Waals surface area contributed by atoms with Crippen LogP contribution in [0.1, 0.15) is 25.3 Å². The number of fused-ring (bicyclic) bond motifs is 1. The molecule has 0 aliphatic carbocycles. The molecule has 0 saturated carbocycles. The molecule has 0 amide bonds. The van der Waals surface area contributed by atoms with Gasteiger partial charge in [0, 0.05) is 11.6 Å². The maximum atomic E-state index is 5.30. The maximum Gasteiger partial charge on any atom is 0.119 e. The molecule has 0 spiro atoms. The summed E-state index contributed by atoms with van der Waals surface area (Å²) >= 11 is 0. The first kappa shape index (κ1) is 13.6. The van der Waals surface area contributed by atoms with Crippen LogP contribution in [0.3, 0.4) is 0 Å². The Labute approximate surface area is 124 Å². The molecule has 0 radical (unpaired) electrons. The van der Waals surface area contributed by atoms with Crippen molar-refractivity contribution in [3.05, 3.63) is 54.2 Å². The fraction of sp³-hybridized carbons (Fsp3) is 0.222. The number of nitrogens with zero attached hydrogens (tertiary/aromatic N) is 2. The summed E-state index contributed by atoms with van der Waals surface area (Å²) in [5.74, 6) is 1.23. The molecular weight excluding hydrogens is 260 g/mol. The van der Waals surface area contributed by atoms with Crippen LogP contribution < -0.4 is 4.74 Å². The van der Waals surface area contributed by atoms with Gasteiger partial charge in [-0.2, -0.15) is 0 Å². The zero-order chi connectivity index (χ0) is 14.8. The third kappa shape index (κ3) is 2.59. The second kappa shape index (κ2) is 5.52. The van der Waals surface area contributed by atoms with Crippen LogP contribution in [-0.2, 0) is 0 Å². The summed E-state index contributed by atoms with van der Waals surface area (Å²) in [4.78, 5) is 9.27. The van der Waals surface area contributed by atoms with Crippen molar-refractivity contribution < 1.29 is 4.74 Å². The Morgan fingerprint density at radius 2 is 1.90 bits per heavy atom. The van der Waals surface area contributed by atoms with E-state index < -0.39 is 0 Å². The Morgan fingerprint density at radius 3 is 2.57 bits per heavy atom. The fourth-order valence-corrected chi connectivity index (χ4v) is 2.45. The van der Waals surface area contributed by atoms with Crippen molar-refractivity contribution >= 4 is 10.9 Å². The lowest BCUT2D eigenvalue weighted by Crippen LogP contribution is -1.98. The van der Waals surface area contributed by atoms with E-state index in [0.29, 0.717) is 5.92 Å². The quantitative estimate of drug-likeness (QED) is 0.711. The second-order valence-corrected chi connectivity index (χ2v) is 5.35. The van der Waals surface area contributed by atoms with E-state index in [-0.39, 0.29) is 0 Å². The van der Waals surface area contributed by atoms with Gasteiger partial charge in [0.05, 0.1) is 24.0 Å². The molecule has 0 aliphatic heterocycles. The molecule has 3 nitrogen and oxygen atoms in total. The number of methoxy groups -OCH3 is 1. The molecule has 0 saturated heterocycles. The lowest BCUT2D eigenvalue weighted by atomic mass is 9.97. The number of ether oxygens (including phenoxy) is 1. The molecule has 0 N–H and O–H groups in total. The molecule has 3 heteroatoms. The number of rotatable bonds is 3. The first-order valence-corrected chi connectivity index (χ1v) is 7.09. The number of hydrogen-bond acceptors (Lipinski definition) is 3. The smallest absolute Gasteiger partial charge is 0.119 e. The molecular formula is C18H18N2O. The van der Waals surface area contributed by atoms with E-state index in [1.54, 1.807) is 13.3 Å². The lowest BCUT2D eigenvalue weighted by Gasteiger charge is -2.13. The van der Waals surface area contributed by atoms with E-state index in [1.165, 1.54) is 5.56 Å². The number of pyridine rings is 2. The highest BCUT2D eigenvalue weighted by molar-refractivity contribution is 5.84. The minimum Gasteiger partial charge on any atom is -0.497 e. The lowest BCUT2D eigenvalue weighted by molar-refractivity contribution is 0.415. The van der Waals surface area contributed by atoms with Gasteiger partial charge in [-0.05, 0) is 47.9 Å². The molecule has 0 unspecified atom stereocenters. The van der Waals surface area contributed by atoms with Gasteiger partial charge in [-0.25, -0.2) is 4.98 Å². The molecule has 106 valence electrons. The Balaban J connectivity index is 2.26. The molecule has 0 bridgehead atoms. The summed E-state index contributed by atoms with van der Waals surface area (Å²) in [5, 5.41) is 1.10. The van der Waals surface area contributed by atoms with Gasteiger partial charge in [0.2, 0.25) is 0 Å². The van der Waals surface area contributed by atoms with Crippen LogP contribution in [0.15, 0.2) is 48.7 Å². The average molecular weight is 278 g/mol. The normalized spacial score (nSPS) is 11.0. The maximum absolute atomic E-state index is 5.30. The molecule has 21 heavy (non-hydrogen) atoms. The summed E-state index contributed by atoms with van der Waals surface area (Å²) in [5.41, 5.74) is 4.04. The predicted octanol–water partition coefficient (Wildman–Crippen LogP) is 4.43. The van der Waals surface area contributed by atoms with Crippen molar-refractivity contribution in [3.63, 3.8) is 0 Å². The van der Waals surface area contributed by atoms with Crippen molar-refractivity contribution in [1.82, 2.24) is 9.97 Å². The third-order valence-electron chi connectivity index (χ3n) is 3.58. The first-order valence-electron chi connectivity index (χ1n) is 7.09. The van der Waals surface area contributed by atoms with E-state index in [2.05, 4.69) is 24.9 Å². The van der Waals surface area contributed by atoms with Crippen LogP contribution in [0.2, 0.25) is 0 Å². The summed E-state index contributed by atoms with van der Waals surface area (Å²) in [7, 11) is 1.68. The average Bonchev–Trinajstić information content (AvgIpc) is 2.53. The van der Waals surface area contributed by atoms with Gasteiger partial charge in [-0.1, -0.05) is 19.9 Å². The molecule has 3 aromatic rings. The van der Waals surface area contributed by atoms with E-state index in [4.69, 9.17) is 9.72 Å². The van der Waals surface area contributed by atoms with Crippen LogP contribution in [0.25, 0.3) is 22.3 Å². The summed E-state index contributed by atoms with van der Waals surface area (Å²) < 4.78 is 5.30. The van der Waals surface area contributed by atoms with Gasteiger partial charge in [0.1, 0.15) is 5.75 Å². The van der Waals surface area contributed by atoms with E-state index in [0.717, 1.165) is 28.0 Å². The SMILES string of the molecule is COc1ccc2nc(-c3ccccn3)c(C(C)C)cc2c1. The molecule has 0 fully saturated rings. The summed E-state index contributed by atoms with van der Waals surface area (Å²) in [6, 6.07) is 14.1. The highest BCUT2D eigenvalue weighted by atomic mass is 16.5. The number of aromatic nitrogens is 2. The van der Waals surface area contributed by atoms with E-state index in [1.807, 2.05) is 36.4 Å². The van der Waals surface area contributed by atoms with E-state index in [9.17, 15) is 0 Å². The summed E-state index contributed by atoms with van der Waals surface area (Å²) in [6.07, 6.45) is 1.80. The molecule has 0 aliphatic rings. The third-order valence-corrected chi connectivity index (χ3v) is 3.58. The van der Waals surface area contributed by atoms with Gasteiger partial charge < -0.3 is 4.74 Å². The van der Waals surface area contributed by atoms with Crippen LogP contribution in [-0.4, -0.2) is 17.1 Å². The molecule has 2 heterocycles. The van der Waals surface area contributed by atoms with Crippen molar-refractivity contribution in [2.75, 3.05) is 7.11 Å². The van der Waals surface area contributed by atoms with Gasteiger partial charge in [-0.15, -0.1) is 0 Å². The van der Waals surface area contributed by atoms with Gasteiger partial charge in [0.25, 0.3) is 0 Å². The first-order chi connectivity index (χ1) is 10.2. The number of benzene rings is 1. The number of hydrogen-bond donors (Lipinski definition) is 0. The van der Waals surface area contributed by atoms with E-state index >= 15 is 0 Å². The molecule has 3 rings (SSSR count). The van der Waals surface area contributed by atoms with Crippen molar-refractivity contribution in [1.29, 1.82) is 0 Å². The topological polar surface area (TPSA) is 35.0 Å². The Kier molecular flexibility index (Phi) is 3.57. The largest absolute Gasteiger partial charge is 0.497 e. The molecule has 2 aromatic heterocycles. The molecule has 1 aromatic carbocycles. The van der Waals surface area contributed by atoms with Gasteiger partial charge in [-0.3, -0.25) is 4.98 Å². The van der Waals surface area contributed by atoms with Crippen LogP contribution in [0.5, 0.6) is 5.75 Å². The Morgan fingerprint density at radius 1 is 1.05 bits per heavy atom.